The Hall–Kier alpha value is -0.650. The van der Waals surface area contributed by atoms with Crippen molar-refractivity contribution in [2.45, 2.75) is 25.5 Å². The fourth-order valence-electron chi connectivity index (χ4n) is 1.43. The normalized spacial score (nSPS) is 20.5. The van der Waals surface area contributed by atoms with Crippen LogP contribution < -0.4 is 10.6 Å². The maximum absolute atomic E-state index is 11.4. The van der Waals surface area contributed by atoms with E-state index < -0.39 is 0 Å². The number of methoxy groups -OCH3 is 1. The average Bonchev–Trinajstić information content (AvgIpc) is 2.12. The van der Waals surface area contributed by atoms with E-state index in [0.29, 0.717) is 6.61 Å². The van der Waals surface area contributed by atoms with Crippen LogP contribution in [0.4, 0.5) is 0 Å². The summed E-state index contributed by atoms with van der Waals surface area (Å²) in [5, 5.41) is 5.90. The van der Waals surface area contributed by atoms with Gasteiger partial charge in [-0.05, 0) is 13.8 Å². The highest BCUT2D eigenvalue weighted by Crippen LogP contribution is 2.14. The first-order chi connectivity index (χ1) is 7.06. The SMILES string of the molecule is COCC(C)NC(=O)COC1(C)CNC1. The molecule has 0 aromatic rings. The van der Waals surface area contributed by atoms with Gasteiger partial charge in [0.15, 0.2) is 0 Å². The van der Waals surface area contributed by atoms with Crippen LogP contribution in [0.5, 0.6) is 0 Å². The lowest BCUT2D eigenvalue weighted by Crippen LogP contribution is -2.59. The topological polar surface area (TPSA) is 59.6 Å². The summed E-state index contributed by atoms with van der Waals surface area (Å²) in [5.74, 6) is -0.0901. The first kappa shape index (κ1) is 12.4. The van der Waals surface area contributed by atoms with Crippen LogP contribution in [0.25, 0.3) is 0 Å². The summed E-state index contributed by atoms with van der Waals surface area (Å²) in [6.07, 6.45) is 0. The molecular formula is C10H20N2O3. The van der Waals surface area contributed by atoms with Crippen molar-refractivity contribution in [1.29, 1.82) is 0 Å². The second-order valence-corrected chi connectivity index (χ2v) is 4.27. The summed E-state index contributed by atoms with van der Waals surface area (Å²) in [5.41, 5.74) is -0.165. The second-order valence-electron chi connectivity index (χ2n) is 4.27. The molecule has 1 unspecified atom stereocenters. The highest BCUT2D eigenvalue weighted by molar-refractivity contribution is 5.77. The molecule has 0 spiro atoms. The molecule has 1 saturated heterocycles. The van der Waals surface area contributed by atoms with Gasteiger partial charge in [0.05, 0.1) is 12.2 Å². The van der Waals surface area contributed by atoms with Crippen LogP contribution in [-0.4, -0.2) is 51.0 Å². The quantitative estimate of drug-likeness (QED) is 0.629. The first-order valence-electron chi connectivity index (χ1n) is 5.19. The fraction of sp³-hybridized carbons (Fsp3) is 0.900. The summed E-state index contributed by atoms with van der Waals surface area (Å²) in [6, 6.07) is 0.0263. The van der Waals surface area contributed by atoms with E-state index in [2.05, 4.69) is 10.6 Å². The minimum absolute atomic E-state index is 0.0263. The van der Waals surface area contributed by atoms with Crippen molar-refractivity contribution in [3.05, 3.63) is 0 Å². The number of hydrogen-bond donors (Lipinski definition) is 2. The molecule has 15 heavy (non-hydrogen) atoms. The monoisotopic (exact) mass is 216 g/mol. The Bertz CT molecular complexity index is 217. The molecule has 2 N–H and O–H groups in total. The summed E-state index contributed by atoms with van der Waals surface area (Å²) in [7, 11) is 1.61. The Balaban J connectivity index is 2.13. The van der Waals surface area contributed by atoms with E-state index in [-0.39, 0.29) is 24.2 Å². The predicted molar refractivity (Wildman–Crippen MR) is 56.7 cm³/mol. The molecule has 0 saturated carbocycles. The zero-order valence-corrected chi connectivity index (χ0v) is 9.63. The van der Waals surface area contributed by atoms with E-state index >= 15 is 0 Å². The molecule has 1 atom stereocenters. The van der Waals surface area contributed by atoms with Crippen LogP contribution in [0.1, 0.15) is 13.8 Å². The van der Waals surface area contributed by atoms with Crippen LogP contribution in [0.2, 0.25) is 0 Å². The molecule has 1 fully saturated rings. The van der Waals surface area contributed by atoms with E-state index in [9.17, 15) is 4.79 Å². The largest absolute Gasteiger partial charge is 0.383 e. The lowest BCUT2D eigenvalue weighted by Gasteiger charge is -2.38. The summed E-state index contributed by atoms with van der Waals surface area (Å²) in [4.78, 5) is 11.4. The average molecular weight is 216 g/mol. The molecule has 0 aliphatic carbocycles. The maximum Gasteiger partial charge on any atom is 0.246 e. The van der Waals surface area contributed by atoms with Gasteiger partial charge in [-0.2, -0.15) is 0 Å². The molecule has 88 valence electrons. The highest BCUT2D eigenvalue weighted by Gasteiger charge is 2.33. The molecule has 1 heterocycles. The third-order valence-electron chi connectivity index (χ3n) is 2.37. The Morgan fingerprint density at radius 2 is 2.27 bits per heavy atom. The standard InChI is InChI=1S/C10H20N2O3/c1-8(4-14-3)12-9(13)5-15-10(2)6-11-7-10/h8,11H,4-7H2,1-3H3,(H,12,13). The van der Waals surface area contributed by atoms with Gasteiger partial charge in [-0.1, -0.05) is 0 Å². The molecule has 5 heteroatoms. The van der Waals surface area contributed by atoms with Gasteiger partial charge < -0.3 is 20.1 Å². The molecule has 5 nitrogen and oxygen atoms in total. The smallest absolute Gasteiger partial charge is 0.246 e. The summed E-state index contributed by atoms with van der Waals surface area (Å²) < 4.78 is 10.4. The molecule has 1 rings (SSSR count). The third-order valence-corrected chi connectivity index (χ3v) is 2.37. The van der Waals surface area contributed by atoms with Crippen molar-refractivity contribution in [2.24, 2.45) is 0 Å². The lowest BCUT2D eigenvalue weighted by molar-refractivity contribution is -0.136. The van der Waals surface area contributed by atoms with Crippen molar-refractivity contribution in [3.63, 3.8) is 0 Å². The predicted octanol–water partition coefficient (Wildman–Crippen LogP) is -0.484. The number of carbonyl (C=O) groups excluding carboxylic acids is 1. The number of ether oxygens (including phenoxy) is 2. The van der Waals surface area contributed by atoms with Gasteiger partial charge in [0.1, 0.15) is 6.61 Å². The molecule has 1 amide bonds. The van der Waals surface area contributed by atoms with Gasteiger partial charge in [-0.3, -0.25) is 4.79 Å². The molecule has 1 aliphatic rings. The van der Waals surface area contributed by atoms with E-state index in [1.165, 1.54) is 0 Å². The minimum Gasteiger partial charge on any atom is -0.383 e. The zero-order valence-electron chi connectivity index (χ0n) is 9.63. The van der Waals surface area contributed by atoms with Gasteiger partial charge in [0.2, 0.25) is 5.91 Å². The van der Waals surface area contributed by atoms with E-state index in [1.807, 2.05) is 13.8 Å². The first-order valence-corrected chi connectivity index (χ1v) is 5.19. The van der Waals surface area contributed by atoms with Crippen LogP contribution >= 0.6 is 0 Å². The molecule has 0 aromatic carbocycles. The van der Waals surface area contributed by atoms with E-state index in [1.54, 1.807) is 7.11 Å². The van der Waals surface area contributed by atoms with E-state index in [4.69, 9.17) is 9.47 Å². The van der Waals surface area contributed by atoms with Crippen LogP contribution in [0.15, 0.2) is 0 Å². The number of carbonyl (C=O) groups is 1. The Morgan fingerprint density at radius 3 is 2.73 bits per heavy atom. The van der Waals surface area contributed by atoms with Crippen LogP contribution in [0.3, 0.4) is 0 Å². The Labute approximate surface area is 90.5 Å². The molecular weight excluding hydrogens is 196 g/mol. The number of amides is 1. The van der Waals surface area contributed by atoms with Crippen molar-refractivity contribution < 1.29 is 14.3 Å². The van der Waals surface area contributed by atoms with Crippen molar-refractivity contribution >= 4 is 5.91 Å². The van der Waals surface area contributed by atoms with Gasteiger partial charge >= 0.3 is 0 Å². The molecule has 0 radical (unpaired) electrons. The lowest BCUT2D eigenvalue weighted by atomic mass is 10.0. The number of nitrogens with one attached hydrogen (secondary N) is 2. The van der Waals surface area contributed by atoms with Gasteiger partial charge in [-0.15, -0.1) is 0 Å². The Morgan fingerprint density at radius 1 is 1.60 bits per heavy atom. The zero-order chi connectivity index (χ0) is 11.3. The summed E-state index contributed by atoms with van der Waals surface area (Å²) in [6.45, 7) is 6.15. The Kier molecular flexibility index (Phi) is 4.50. The van der Waals surface area contributed by atoms with Gasteiger partial charge in [0.25, 0.3) is 0 Å². The minimum atomic E-state index is -0.165. The van der Waals surface area contributed by atoms with E-state index in [0.717, 1.165) is 13.1 Å². The molecule has 0 aromatic heterocycles. The van der Waals surface area contributed by atoms with Crippen LogP contribution in [-0.2, 0) is 14.3 Å². The van der Waals surface area contributed by atoms with Gasteiger partial charge in [0, 0.05) is 26.2 Å². The highest BCUT2D eigenvalue weighted by atomic mass is 16.5. The van der Waals surface area contributed by atoms with Crippen molar-refractivity contribution in [3.8, 4) is 0 Å². The second kappa shape index (κ2) is 5.44. The van der Waals surface area contributed by atoms with Crippen molar-refractivity contribution in [1.82, 2.24) is 10.6 Å². The van der Waals surface area contributed by atoms with Crippen molar-refractivity contribution in [2.75, 3.05) is 33.4 Å². The number of hydrogen-bond acceptors (Lipinski definition) is 4. The fourth-order valence-corrected chi connectivity index (χ4v) is 1.43. The molecule has 0 bridgehead atoms. The van der Waals surface area contributed by atoms with Crippen LogP contribution in [0, 0.1) is 0 Å². The summed E-state index contributed by atoms with van der Waals surface area (Å²) >= 11 is 0. The molecule has 1 aliphatic heterocycles. The third kappa shape index (κ3) is 4.15. The maximum atomic E-state index is 11.4. The van der Waals surface area contributed by atoms with Gasteiger partial charge in [-0.25, -0.2) is 0 Å². The number of rotatable bonds is 6.